The van der Waals surface area contributed by atoms with Crippen molar-refractivity contribution in [2.24, 2.45) is 0 Å². The molecule has 0 unspecified atom stereocenters. The number of ether oxygens (including phenoxy) is 2. The number of carbonyl (C=O) groups is 1. The molecule has 0 aliphatic carbocycles. The molecule has 166 valence electrons. The Morgan fingerprint density at radius 2 is 1.85 bits per heavy atom. The minimum atomic E-state index is -0.0329. The molecule has 0 saturated heterocycles. The molecule has 0 fully saturated rings. The minimum Gasteiger partial charge on any atom is -0.486 e. The second-order valence-corrected chi connectivity index (χ2v) is 8.67. The van der Waals surface area contributed by atoms with E-state index in [0.29, 0.717) is 42.4 Å². The van der Waals surface area contributed by atoms with Crippen LogP contribution in [0.15, 0.2) is 54.7 Å². The first kappa shape index (κ1) is 19.8. The lowest BCUT2D eigenvalue weighted by molar-refractivity contribution is 0.0991. The summed E-state index contributed by atoms with van der Waals surface area (Å²) in [5.74, 6) is 1.39. The lowest BCUT2D eigenvalue weighted by atomic mass is 10.0. The van der Waals surface area contributed by atoms with Gasteiger partial charge in [0.2, 0.25) is 0 Å². The number of aromatic nitrogens is 3. The van der Waals surface area contributed by atoms with Crippen LogP contribution in [0.1, 0.15) is 35.8 Å². The molecule has 4 aromatic rings. The largest absolute Gasteiger partial charge is 0.486 e. The zero-order chi connectivity index (χ0) is 22.5. The number of para-hydroxylation sites is 1. The first-order valence-electron chi connectivity index (χ1n) is 11.3. The van der Waals surface area contributed by atoms with Gasteiger partial charge in [-0.15, -0.1) is 0 Å². The molecule has 7 heteroatoms. The molecule has 1 amide bonds. The smallest absolute Gasteiger partial charge is 0.259 e. The number of fused-ring (bicyclic) bond motifs is 3. The summed E-state index contributed by atoms with van der Waals surface area (Å²) < 4.78 is 13.3. The summed E-state index contributed by atoms with van der Waals surface area (Å²) in [5.41, 5.74) is 5.05. The van der Waals surface area contributed by atoms with Crippen LogP contribution in [0.3, 0.4) is 0 Å². The maximum atomic E-state index is 13.8. The van der Waals surface area contributed by atoms with Crippen LogP contribution in [0, 0.1) is 0 Å². The molecule has 0 N–H and O–H groups in total. The highest BCUT2D eigenvalue weighted by Gasteiger charge is 2.28. The van der Waals surface area contributed by atoms with E-state index in [9.17, 15) is 4.79 Å². The number of pyridine rings is 1. The number of rotatable bonds is 3. The summed E-state index contributed by atoms with van der Waals surface area (Å²) in [6.45, 7) is 5.84. The molecular formula is C26H24N4O3. The van der Waals surface area contributed by atoms with Gasteiger partial charge < -0.3 is 14.4 Å². The van der Waals surface area contributed by atoms with Gasteiger partial charge in [0.1, 0.15) is 13.2 Å². The number of benzene rings is 2. The number of nitrogens with zero attached hydrogens (tertiary/aromatic N) is 4. The third kappa shape index (κ3) is 3.23. The number of amides is 1. The fourth-order valence-corrected chi connectivity index (χ4v) is 4.62. The van der Waals surface area contributed by atoms with Gasteiger partial charge in [-0.1, -0.05) is 18.2 Å². The van der Waals surface area contributed by atoms with Gasteiger partial charge in [-0.3, -0.25) is 4.79 Å². The Morgan fingerprint density at radius 1 is 1.03 bits per heavy atom. The molecule has 2 aromatic heterocycles. The van der Waals surface area contributed by atoms with Crippen LogP contribution in [0.25, 0.3) is 22.3 Å². The number of anilines is 1. The van der Waals surface area contributed by atoms with E-state index in [1.165, 1.54) is 5.56 Å². The van der Waals surface area contributed by atoms with Crippen molar-refractivity contribution >= 4 is 22.6 Å². The molecule has 0 atom stereocenters. The van der Waals surface area contributed by atoms with E-state index in [-0.39, 0.29) is 11.9 Å². The molecule has 0 saturated carbocycles. The van der Waals surface area contributed by atoms with Gasteiger partial charge >= 0.3 is 0 Å². The van der Waals surface area contributed by atoms with Crippen molar-refractivity contribution in [3.63, 3.8) is 0 Å². The molecule has 0 radical (unpaired) electrons. The van der Waals surface area contributed by atoms with Crippen molar-refractivity contribution in [3.05, 3.63) is 65.9 Å². The van der Waals surface area contributed by atoms with E-state index in [1.54, 1.807) is 6.20 Å². The van der Waals surface area contributed by atoms with E-state index in [4.69, 9.17) is 14.5 Å². The predicted molar refractivity (Wildman–Crippen MR) is 126 cm³/mol. The summed E-state index contributed by atoms with van der Waals surface area (Å²) in [5, 5.41) is 5.32. The Labute approximate surface area is 191 Å². The highest BCUT2D eigenvalue weighted by Crippen LogP contribution is 2.36. The van der Waals surface area contributed by atoms with Gasteiger partial charge in [-0.05, 0) is 56.2 Å². The van der Waals surface area contributed by atoms with Gasteiger partial charge in [0.25, 0.3) is 5.91 Å². The van der Waals surface area contributed by atoms with Crippen molar-refractivity contribution in [2.45, 2.75) is 26.3 Å². The van der Waals surface area contributed by atoms with Gasteiger partial charge in [0.15, 0.2) is 17.1 Å². The van der Waals surface area contributed by atoms with Crippen LogP contribution < -0.4 is 14.4 Å². The Kier molecular flexibility index (Phi) is 4.57. The number of hydrogen-bond acceptors (Lipinski definition) is 5. The maximum Gasteiger partial charge on any atom is 0.259 e. The van der Waals surface area contributed by atoms with Gasteiger partial charge in [0.05, 0.1) is 22.8 Å². The number of carbonyl (C=O) groups excluding carboxylic acids is 1. The standard InChI is InChI=1S/C26H24N4O3/c1-16(2)30-25-20(15-27-30)19(26(31)29-10-9-17-5-3-4-6-22(17)29)14-21(28-25)18-7-8-23-24(13-18)33-12-11-32-23/h3-8,13-16H,9-12H2,1-2H3. The highest BCUT2D eigenvalue weighted by molar-refractivity contribution is 6.14. The normalized spacial score (nSPS) is 14.7. The first-order valence-corrected chi connectivity index (χ1v) is 11.3. The van der Waals surface area contributed by atoms with Crippen molar-refractivity contribution in [1.82, 2.24) is 14.8 Å². The van der Waals surface area contributed by atoms with Crippen molar-refractivity contribution < 1.29 is 14.3 Å². The van der Waals surface area contributed by atoms with Crippen LogP contribution in [0.4, 0.5) is 5.69 Å². The maximum absolute atomic E-state index is 13.8. The van der Waals surface area contributed by atoms with Gasteiger partial charge in [-0.25, -0.2) is 9.67 Å². The average molecular weight is 441 g/mol. The molecule has 6 rings (SSSR count). The molecule has 0 spiro atoms. The minimum absolute atomic E-state index is 0.0329. The van der Waals surface area contributed by atoms with E-state index in [1.807, 2.05) is 52.0 Å². The zero-order valence-electron chi connectivity index (χ0n) is 18.6. The predicted octanol–water partition coefficient (Wildman–Crippen LogP) is 4.65. The van der Waals surface area contributed by atoms with Crippen LogP contribution in [-0.2, 0) is 6.42 Å². The van der Waals surface area contributed by atoms with Crippen LogP contribution >= 0.6 is 0 Å². The Balaban J connectivity index is 1.51. The monoisotopic (exact) mass is 440 g/mol. The van der Waals surface area contributed by atoms with Gasteiger partial charge in [-0.2, -0.15) is 5.10 Å². The molecule has 7 nitrogen and oxygen atoms in total. The molecule has 2 aromatic carbocycles. The molecule has 4 heterocycles. The summed E-state index contributed by atoms with van der Waals surface area (Å²) in [4.78, 5) is 20.6. The molecule has 0 bridgehead atoms. The Bertz CT molecular complexity index is 1390. The average Bonchev–Trinajstić information content (AvgIpc) is 3.47. The summed E-state index contributed by atoms with van der Waals surface area (Å²) in [6.07, 6.45) is 2.61. The van der Waals surface area contributed by atoms with Crippen LogP contribution in [0.2, 0.25) is 0 Å². The van der Waals surface area contributed by atoms with E-state index in [2.05, 4.69) is 25.0 Å². The van der Waals surface area contributed by atoms with Crippen LogP contribution in [-0.4, -0.2) is 40.4 Å². The fourth-order valence-electron chi connectivity index (χ4n) is 4.62. The number of hydrogen-bond donors (Lipinski definition) is 0. The molecule has 2 aliphatic heterocycles. The summed E-state index contributed by atoms with van der Waals surface area (Å²) in [7, 11) is 0. The summed E-state index contributed by atoms with van der Waals surface area (Å²) >= 11 is 0. The second-order valence-electron chi connectivity index (χ2n) is 8.67. The topological polar surface area (TPSA) is 69.5 Å². The first-order chi connectivity index (χ1) is 16.1. The zero-order valence-corrected chi connectivity index (χ0v) is 18.6. The van der Waals surface area contributed by atoms with E-state index in [0.717, 1.165) is 28.8 Å². The Hall–Kier alpha value is -3.87. The third-order valence-electron chi connectivity index (χ3n) is 6.26. The lowest BCUT2D eigenvalue weighted by Crippen LogP contribution is -2.29. The van der Waals surface area contributed by atoms with Gasteiger partial charge in [0, 0.05) is 23.8 Å². The molecule has 33 heavy (non-hydrogen) atoms. The second kappa shape index (κ2) is 7.62. The van der Waals surface area contributed by atoms with E-state index < -0.39 is 0 Å². The SMILES string of the molecule is CC(C)n1ncc2c(C(=O)N3CCc4ccccc43)cc(-c3ccc4c(c3)OCCO4)nc21. The quantitative estimate of drug-likeness (QED) is 0.464. The van der Waals surface area contributed by atoms with E-state index >= 15 is 0 Å². The third-order valence-corrected chi connectivity index (χ3v) is 6.26. The Morgan fingerprint density at radius 3 is 2.70 bits per heavy atom. The fraction of sp³-hybridized carbons (Fsp3) is 0.269. The van der Waals surface area contributed by atoms with Crippen molar-refractivity contribution in [3.8, 4) is 22.8 Å². The van der Waals surface area contributed by atoms with Crippen LogP contribution in [0.5, 0.6) is 11.5 Å². The highest BCUT2D eigenvalue weighted by atomic mass is 16.6. The lowest BCUT2D eigenvalue weighted by Gasteiger charge is -2.20. The van der Waals surface area contributed by atoms with Crippen molar-refractivity contribution in [2.75, 3.05) is 24.7 Å². The molecule has 2 aliphatic rings. The molecular weight excluding hydrogens is 416 g/mol. The van der Waals surface area contributed by atoms with Crippen molar-refractivity contribution in [1.29, 1.82) is 0 Å². The summed E-state index contributed by atoms with van der Waals surface area (Å²) in [6, 6.07) is 15.9.